The van der Waals surface area contributed by atoms with Crippen LogP contribution in [0.25, 0.3) is 10.9 Å². The minimum absolute atomic E-state index is 0.205. The van der Waals surface area contributed by atoms with Crippen LogP contribution in [0.4, 0.5) is 5.69 Å². The number of nitrogens with zero attached hydrogens (tertiary/aromatic N) is 3. The third kappa shape index (κ3) is 4.44. The first-order chi connectivity index (χ1) is 15.3. The third-order valence-electron chi connectivity index (χ3n) is 6.07. The van der Waals surface area contributed by atoms with Crippen molar-refractivity contribution in [3.63, 3.8) is 0 Å². The Morgan fingerprint density at radius 2 is 2.06 bits per heavy atom. The summed E-state index contributed by atoms with van der Waals surface area (Å²) < 4.78 is 13.7. The molecule has 1 aromatic carbocycles. The Morgan fingerprint density at radius 1 is 1.31 bits per heavy atom. The summed E-state index contributed by atoms with van der Waals surface area (Å²) in [4.78, 5) is 0. The Bertz CT molecular complexity index is 1090. The number of pyridine rings is 1. The van der Waals surface area contributed by atoms with Gasteiger partial charge in [0.2, 0.25) is 6.23 Å². The molecule has 172 valence electrons. The summed E-state index contributed by atoms with van der Waals surface area (Å²) in [5.41, 5.74) is 1.00. The van der Waals surface area contributed by atoms with Crippen molar-refractivity contribution in [1.29, 1.82) is 0 Å². The Kier molecular flexibility index (Phi) is 6.12. The lowest BCUT2D eigenvalue weighted by atomic mass is 9.84. The number of fused-ring (bicyclic) bond motifs is 1. The van der Waals surface area contributed by atoms with E-state index in [1.54, 1.807) is 18.2 Å². The highest BCUT2D eigenvalue weighted by atomic mass is 16.5. The number of hydrogen-bond acceptors (Lipinski definition) is 7. The fraction of sp³-hybridized carbons (Fsp3) is 0.478. The van der Waals surface area contributed by atoms with E-state index in [-0.39, 0.29) is 17.6 Å². The van der Waals surface area contributed by atoms with Crippen LogP contribution in [0.5, 0.6) is 11.6 Å². The standard InChI is InChI=1S/C23H31N4O5/c1-4-32-20-13-17-15(14-26(25-17)16-8-10-23(2,29)11-9-16)12-18(20)24-22(28)19-6-5-7-21(31-3)27(19)30/h5-7,12-14,16,22,24,28-30H,4,8-11H2,1-3H3/q+1/t16-,22?,23-. The largest absolute Gasteiger partial charge is 0.492 e. The molecule has 9 heteroatoms. The smallest absolute Gasteiger partial charge is 0.416 e. The number of anilines is 1. The molecule has 0 aliphatic heterocycles. The maximum Gasteiger partial charge on any atom is 0.416 e. The first kappa shape index (κ1) is 22.2. The van der Waals surface area contributed by atoms with Gasteiger partial charge in [0, 0.05) is 23.7 Å². The quantitative estimate of drug-likeness (QED) is 0.252. The molecule has 0 bridgehead atoms. The molecule has 1 aliphatic rings. The van der Waals surface area contributed by atoms with Gasteiger partial charge >= 0.3 is 5.88 Å². The van der Waals surface area contributed by atoms with Crippen LogP contribution in [0.1, 0.15) is 57.5 Å². The molecule has 2 aromatic heterocycles. The number of ether oxygens (including phenoxy) is 2. The fourth-order valence-corrected chi connectivity index (χ4v) is 4.22. The normalized spacial score (nSPS) is 22.0. The molecule has 1 unspecified atom stereocenters. The van der Waals surface area contributed by atoms with Crippen molar-refractivity contribution in [2.24, 2.45) is 0 Å². The van der Waals surface area contributed by atoms with Crippen molar-refractivity contribution in [2.75, 3.05) is 19.0 Å². The maximum absolute atomic E-state index is 10.8. The van der Waals surface area contributed by atoms with Gasteiger partial charge in [-0.3, -0.25) is 9.89 Å². The van der Waals surface area contributed by atoms with E-state index in [0.717, 1.165) is 41.3 Å². The molecule has 4 N–H and O–H groups in total. The maximum atomic E-state index is 10.8. The van der Waals surface area contributed by atoms with Gasteiger partial charge < -0.3 is 25.0 Å². The Balaban J connectivity index is 1.63. The van der Waals surface area contributed by atoms with Gasteiger partial charge in [0.05, 0.1) is 47.4 Å². The molecule has 9 nitrogen and oxygen atoms in total. The zero-order valence-electron chi connectivity index (χ0n) is 18.7. The highest BCUT2D eigenvalue weighted by Gasteiger charge is 2.30. The monoisotopic (exact) mass is 443 g/mol. The minimum Gasteiger partial charge on any atom is -0.492 e. The van der Waals surface area contributed by atoms with Crippen molar-refractivity contribution < 1.29 is 29.6 Å². The van der Waals surface area contributed by atoms with Crippen molar-refractivity contribution in [1.82, 2.24) is 9.78 Å². The zero-order valence-corrected chi connectivity index (χ0v) is 18.7. The summed E-state index contributed by atoms with van der Waals surface area (Å²) in [5.74, 6) is 0.764. The Labute approximate surface area is 186 Å². The van der Waals surface area contributed by atoms with E-state index in [0.29, 0.717) is 18.0 Å². The lowest BCUT2D eigenvalue weighted by Gasteiger charge is -2.33. The summed E-state index contributed by atoms with van der Waals surface area (Å²) >= 11 is 0. The van der Waals surface area contributed by atoms with Crippen molar-refractivity contribution in [3.05, 3.63) is 42.2 Å². The zero-order chi connectivity index (χ0) is 22.9. The highest BCUT2D eigenvalue weighted by Crippen LogP contribution is 2.37. The van der Waals surface area contributed by atoms with E-state index >= 15 is 0 Å². The van der Waals surface area contributed by atoms with Gasteiger partial charge in [0.25, 0.3) is 5.69 Å². The molecule has 32 heavy (non-hydrogen) atoms. The molecule has 0 amide bonds. The van der Waals surface area contributed by atoms with Crippen LogP contribution in [-0.2, 0) is 0 Å². The van der Waals surface area contributed by atoms with Crippen molar-refractivity contribution in [2.45, 2.75) is 57.4 Å². The van der Waals surface area contributed by atoms with E-state index in [4.69, 9.17) is 14.6 Å². The van der Waals surface area contributed by atoms with Crippen molar-refractivity contribution >= 4 is 16.6 Å². The van der Waals surface area contributed by atoms with Crippen LogP contribution >= 0.6 is 0 Å². The molecule has 1 fully saturated rings. The summed E-state index contributed by atoms with van der Waals surface area (Å²) in [6.45, 7) is 4.23. The average molecular weight is 444 g/mol. The lowest BCUT2D eigenvalue weighted by Crippen LogP contribution is -2.39. The first-order valence-corrected chi connectivity index (χ1v) is 10.9. The van der Waals surface area contributed by atoms with Gasteiger partial charge in [-0.1, -0.05) is 0 Å². The number of aromatic nitrogens is 3. The van der Waals surface area contributed by atoms with Crippen LogP contribution in [0.2, 0.25) is 0 Å². The van der Waals surface area contributed by atoms with Gasteiger partial charge in [-0.05, 0) is 51.7 Å². The summed E-state index contributed by atoms with van der Waals surface area (Å²) in [6, 6.07) is 8.84. The van der Waals surface area contributed by atoms with Gasteiger partial charge in [-0.15, -0.1) is 0 Å². The van der Waals surface area contributed by atoms with Crippen LogP contribution in [0, 0.1) is 0 Å². The number of methoxy groups -OCH3 is 1. The molecule has 1 atom stereocenters. The number of rotatable bonds is 7. The molecular formula is C23H31N4O5+. The van der Waals surface area contributed by atoms with Crippen LogP contribution in [-0.4, -0.2) is 44.5 Å². The predicted molar refractivity (Wildman–Crippen MR) is 118 cm³/mol. The number of hydrogen-bond donors (Lipinski definition) is 4. The first-order valence-electron chi connectivity index (χ1n) is 10.9. The van der Waals surface area contributed by atoms with E-state index in [9.17, 15) is 15.4 Å². The van der Waals surface area contributed by atoms with Crippen molar-refractivity contribution in [3.8, 4) is 11.6 Å². The molecule has 0 spiro atoms. The van der Waals surface area contributed by atoms with E-state index in [1.165, 1.54) is 7.11 Å². The van der Waals surface area contributed by atoms with Gasteiger partial charge in [-0.2, -0.15) is 5.10 Å². The van der Waals surface area contributed by atoms with Crippen LogP contribution < -0.4 is 19.5 Å². The third-order valence-corrected chi connectivity index (χ3v) is 6.07. The minimum atomic E-state index is -1.21. The van der Waals surface area contributed by atoms with Gasteiger partial charge in [0.1, 0.15) is 5.75 Å². The molecule has 4 rings (SSSR count). The molecular weight excluding hydrogens is 412 g/mol. The van der Waals surface area contributed by atoms with Crippen LogP contribution in [0.15, 0.2) is 36.5 Å². The highest BCUT2D eigenvalue weighted by molar-refractivity contribution is 5.85. The number of aliphatic hydroxyl groups excluding tert-OH is 1. The number of nitrogens with one attached hydrogen (secondary N) is 1. The topological polar surface area (TPSA) is 113 Å². The summed E-state index contributed by atoms with van der Waals surface area (Å²) in [5, 5.41) is 40.0. The number of aliphatic hydroxyl groups is 2. The molecule has 1 aliphatic carbocycles. The second-order valence-corrected chi connectivity index (χ2v) is 8.53. The Morgan fingerprint density at radius 3 is 2.75 bits per heavy atom. The second-order valence-electron chi connectivity index (χ2n) is 8.53. The molecule has 0 saturated heterocycles. The molecule has 0 radical (unpaired) electrons. The second kappa shape index (κ2) is 8.84. The van der Waals surface area contributed by atoms with E-state index in [1.807, 2.05) is 36.9 Å². The average Bonchev–Trinajstić information content (AvgIpc) is 3.17. The molecule has 2 heterocycles. The lowest BCUT2D eigenvalue weighted by molar-refractivity contribution is -0.912. The molecule has 1 saturated carbocycles. The van der Waals surface area contributed by atoms with Gasteiger partial charge in [0.15, 0.2) is 0 Å². The summed E-state index contributed by atoms with van der Waals surface area (Å²) in [6.07, 6.45) is 4.02. The van der Waals surface area contributed by atoms with Crippen LogP contribution in [0.3, 0.4) is 0 Å². The Hall–Kier alpha value is -3.04. The van der Waals surface area contributed by atoms with Gasteiger partial charge in [-0.25, -0.2) is 0 Å². The van der Waals surface area contributed by atoms with E-state index in [2.05, 4.69) is 5.32 Å². The predicted octanol–water partition coefficient (Wildman–Crippen LogP) is 2.94. The summed E-state index contributed by atoms with van der Waals surface area (Å²) in [7, 11) is 1.44. The fourth-order valence-electron chi connectivity index (χ4n) is 4.22. The van der Waals surface area contributed by atoms with E-state index < -0.39 is 11.8 Å². The SMILES string of the molecule is CCOc1cc2nn([C@H]3CC[C@](C)(O)CC3)cc2cc1NC(O)c1cccc(OC)[n+]1O. The molecule has 3 aromatic rings. The number of benzene rings is 1.